The molecule has 1 aromatic carbocycles. The Kier molecular flexibility index (Phi) is 4.88. The number of ether oxygens (including phenoxy) is 2. The molecular formula is C21H26N2O5S. The van der Waals surface area contributed by atoms with Crippen molar-refractivity contribution < 1.29 is 22.3 Å². The zero-order valence-electron chi connectivity index (χ0n) is 16.6. The van der Waals surface area contributed by atoms with Gasteiger partial charge in [0, 0.05) is 19.6 Å². The second-order valence-corrected chi connectivity index (χ2v) is 9.91. The van der Waals surface area contributed by atoms with Gasteiger partial charge in [-0.2, -0.15) is 4.31 Å². The number of nitrogens with zero attached hydrogens (tertiary/aromatic N) is 2. The second kappa shape index (κ2) is 7.41. The number of hydrogen-bond donors (Lipinski definition) is 0. The summed E-state index contributed by atoms with van der Waals surface area (Å²) in [6, 6.07) is 3.50. The van der Waals surface area contributed by atoms with Crippen molar-refractivity contribution in [3.8, 4) is 5.75 Å². The third-order valence-corrected chi connectivity index (χ3v) is 8.20. The van der Waals surface area contributed by atoms with E-state index in [-0.39, 0.29) is 12.5 Å². The van der Waals surface area contributed by atoms with Gasteiger partial charge in [0.05, 0.1) is 36.8 Å². The summed E-state index contributed by atoms with van der Waals surface area (Å²) >= 11 is 0. The maximum atomic E-state index is 13.5. The standard InChI is InChI=1S/C21H26N2O5S/c1-26-18-6-7-20(16-5-3-2-4-15(16)18)29(24,25)23-10-8-19-17(12-23)22-21(28-19)14-9-11-27-13-14/h6-7,14H,2-5,8-13H2,1H3. The van der Waals surface area contributed by atoms with E-state index in [0.717, 1.165) is 67.0 Å². The smallest absolute Gasteiger partial charge is 0.243 e. The Morgan fingerprint density at radius 3 is 2.76 bits per heavy atom. The highest BCUT2D eigenvalue weighted by Gasteiger charge is 2.35. The Morgan fingerprint density at radius 1 is 1.17 bits per heavy atom. The Balaban J connectivity index is 1.46. The molecule has 2 aromatic rings. The van der Waals surface area contributed by atoms with Crippen molar-refractivity contribution in [3.05, 3.63) is 40.6 Å². The lowest BCUT2D eigenvalue weighted by molar-refractivity contribution is 0.190. The number of benzene rings is 1. The summed E-state index contributed by atoms with van der Waals surface area (Å²) < 4.78 is 45.5. The summed E-state index contributed by atoms with van der Waals surface area (Å²) in [5.74, 6) is 2.47. The van der Waals surface area contributed by atoms with Crippen LogP contribution in [0.3, 0.4) is 0 Å². The molecular weight excluding hydrogens is 392 g/mol. The third-order valence-electron chi connectivity index (χ3n) is 6.27. The van der Waals surface area contributed by atoms with Crippen molar-refractivity contribution in [3.63, 3.8) is 0 Å². The van der Waals surface area contributed by atoms with Crippen molar-refractivity contribution in [2.24, 2.45) is 0 Å². The molecule has 1 aliphatic carbocycles. The lowest BCUT2D eigenvalue weighted by Crippen LogP contribution is -2.36. The molecule has 0 amide bonds. The lowest BCUT2D eigenvalue weighted by atomic mass is 9.91. The maximum absolute atomic E-state index is 13.5. The van der Waals surface area contributed by atoms with Gasteiger partial charge in [-0.05, 0) is 55.4 Å². The Labute approximate surface area is 171 Å². The molecule has 3 aliphatic rings. The molecule has 1 fully saturated rings. The number of methoxy groups -OCH3 is 1. The third kappa shape index (κ3) is 3.27. The lowest BCUT2D eigenvalue weighted by Gasteiger charge is -2.28. The van der Waals surface area contributed by atoms with Crippen molar-refractivity contribution >= 4 is 10.0 Å². The fourth-order valence-corrected chi connectivity index (χ4v) is 6.36. The molecule has 0 saturated carbocycles. The molecule has 7 nitrogen and oxygen atoms in total. The van der Waals surface area contributed by atoms with Gasteiger partial charge in [0.25, 0.3) is 0 Å². The molecule has 156 valence electrons. The average molecular weight is 419 g/mol. The molecule has 1 aromatic heterocycles. The van der Waals surface area contributed by atoms with E-state index >= 15 is 0 Å². The average Bonchev–Trinajstić information content (AvgIpc) is 3.41. The van der Waals surface area contributed by atoms with Gasteiger partial charge in [0.1, 0.15) is 11.5 Å². The van der Waals surface area contributed by atoms with Gasteiger partial charge >= 0.3 is 0 Å². The Morgan fingerprint density at radius 2 is 2.00 bits per heavy atom. The van der Waals surface area contributed by atoms with Gasteiger partial charge in [-0.25, -0.2) is 13.4 Å². The van der Waals surface area contributed by atoms with Gasteiger partial charge in [0.2, 0.25) is 10.0 Å². The van der Waals surface area contributed by atoms with Crippen LogP contribution in [-0.2, 0) is 40.6 Å². The summed E-state index contributed by atoms with van der Waals surface area (Å²) in [5.41, 5.74) is 2.71. The van der Waals surface area contributed by atoms with E-state index in [2.05, 4.69) is 4.98 Å². The normalized spacial score (nSPS) is 22.3. The first-order valence-electron chi connectivity index (χ1n) is 10.3. The van der Waals surface area contributed by atoms with Crippen molar-refractivity contribution in [2.45, 2.75) is 55.9 Å². The molecule has 0 spiro atoms. The van der Waals surface area contributed by atoms with E-state index < -0.39 is 10.0 Å². The predicted octanol–water partition coefficient (Wildman–Crippen LogP) is 2.81. The van der Waals surface area contributed by atoms with Crippen molar-refractivity contribution in [2.75, 3.05) is 26.9 Å². The molecule has 5 rings (SSSR count). The first-order valence-corrected chi connectivity index (χ1v) is 11.8. The summed E-state index contributed by atoms with van der Waals surface area (Å²) in [4.78, 5) is 5.05. The fraction of sp³-hybridized carbons (Fsp3) is 0.571. The van der Waals surface area contributed by atoms with E-state index in [9.17, 15) is 8.42 Å². The second-order valence-electron chi connectivity index (χ2n) is 8.00. The van der Waals surface area contributed by atoms with Crippen LogP contribution in [0, 0.1) is 0 Å². The van der Waals surface area contributed by atoms with Gasteiger partial charge in [-0.15, -0.1) is 0 Å². The number of sulfonamides is 1. The molecule has 0 bridgehead atoms. The summed E-state index contributed by atoms with van der Waals surface area (Å²) in [5, 5.41) is 0. The minimum absolute atomic E-state index is 0.180. The minimum Gasteiger partial charge on any atom is -0.496 e. The van der Waals surface area contributed by atoms with Crippen LogP contribution in [0.4, 0.5) is 0 Å². The van der Waals surface area contributed by atoms with Gasteiger partial charge in [-0.3, -0.25) is 0 Å². The number of hydrogen-bond acceptors (Lipinski definition) is 6. The Hall–Kier alpha value is -1.90. The highest BCUT2D eigenvalue weighted by molar-refractivity contribution is 7.89. The van der Waals surface area contributed by atoms with E-state index in [1.165, 1.54) is 0 Å². The zero-order chi connectivity index (χ0) is 20.0. The van der Waals surface area contributed by atoms with Gasteiger partial charge in [0.15, 0.2) is 5.89 Å². The topological polar surface area (TPSA) is 81.9 Å². The highest BCUT2D eigenvalue weighted by Crippen LogP contribution is 2.37. The van der Waals surface area contributed by atoms with E-state index in [1.54, 1.807) is 23.5 Å². The number of aromatic nitrogens is 1. The SMILES string of the molecule is COc1ccc(S(=O)(=O)N2CCc3oc(C4CCOC4)nc3C2)c2c1CCCC2. The van der Waals surface area contributed by atoms with Gasteiger partial charge in [-0.1, -0.05) is 0 Å². The zero-order valence-corrected chi connectivity index (χ0v) is 17.5. The monoisotopic (exact) mass is 418 g/mol. The minimum atomic E-state index is -3.61. The molecule has 8 heteroatoms. The van der Waals surface area contributed by atoms with Crippen LogP contribution in [0.25, 0.3) is 0 Å². The molecule has 0 radical (unpaired) electrons. The quantitative estimate of drug-likeness (QED) is 0.759. The molecule has 3 heterocycles. The van der Waals surface area contributed by atoms with Crippen LogP contribution in [0.5, 0.6) is 5.75 Å². The molecule has 0 N–H and O–H groups in total. The van der Waals surface area contributed by atoms with Crippen molar-refractivity contribution in [1.29, 1.82) is 0 Å². The van der Waals surface area contributed by atoms with E-state index in [4.69, 9.17) is 13.9 Å². The van der Waals surface area contributed by atoms with Crippen LogP contribution in [0.1, 0.15) is 53.7 Å². The molecule has 1 saturated heterocycles. The summed E-state index contributed by atoms with van der Waals surface area (Å²) in [7, 11) is -1.97. The maximum Gasteiger partial charge on any atom is 0.243 e. The molecule has 2 aliphatic heterocycles. The fourth-order valence-electron chi connectivity index (χ4n) is 4.68. The molecule has 1 unspecified atom stereocenters. The summed E-state index contributed by atoms with van der Waals surface area (Å²) in [6.07, 6.45) is 5.15. The first-order chi connectivity index (χ1) is 14.1. The van der Waals surface area contributed by atoms with Crippen LogP contribution < -0.4 is 4.74 Å². The van der Waals surface area contributed by atoms with E-state index in [0.29, 0.717) is 30.4 Å². The van der Waals surface area contributed by atoms with Gasteiger partial charge < -0.3 is 13.9 Å². The predicted molar refractivity (Wildman–Crippen MR) is 106 cm³/mol. The van der Waals surface area contributed by atoms with Crippen LogP contribution >= 0.6 is 0 Å². The van der Waals surface area contributed by atoms with Crippen LogP contribution in [0.2, 0.25) is 0 Å². The van der Waals surface area contributed by atoms with Crippen LogP contribution in [0.15, 0.2) is 21.4 Å². The highest BCUT2D eigenvalue weighted by atomic mass is 32.2. The molecule has 1 atom stereocenters. The largest absolute Gasteiger partial charge is 0.496 e. The first kappa shape index (κ1) is 19.1. The number of fused-ring (bicyclic) bond motifs is 2. The molecule has 29 heavy (non-hydrogen) atoms. The van der Waals surface area contributed by atoms with Crippen molar-refractivity contribution in [1.82, 2.24) is 9.29 Å². The number of rotatable bonds is 4. The van der Waals surface area contributed by atoms with Crippen LogP contribution in [-0.4, -0.2) is 44.6 Å². The Bertz CT molecular complexity index is 1020. The van der Waals surface area contributed by atoms with E-state index in [1.807, 2.05) is 0 Å². The summed E-state index contributed by atoms with van der Waals surface area (Å²) in [6.45, 7) is 2.02. The number of oxazole rings is 1.